The van der Waals surface area contributed by atoms with Crippen LogP contribution >= 0.6 is 0 Å². The van der Waals surface area contributed by atoms with Crippen LogP contribution in [0.25, 0.3) is 0 Å². The Labute approximate surface area is 105 Å². The van der Waals surface area contributed by atoms with Gasteiger partial charge < -0.3 is 5.32 Å². The van der Waals surface area contributed by atoms with Crippen LogP contribution in [0.2, 0.25) is 0 Å². The van der Waals surface area contributed by atoms with E-state index in [0.717, 1.165) is 25.9 Å². The van der Waals surface area contributed by atoms with Gasteiger partial charge in [0, 0.05) is 18.0 Å². The topological polar surface area (TPSA) is 42.7 Å². The number of hydrogen-bond donors (Lipinski definition) is 1. The zero-order valence-electron chi connectivity index (χ0n) is 11.8. The Morgan fingerprint density at radius 2 is 2.12 bits per heavy atom. The molecular weight excluding hydrogens is 212 g/mol. The van der Waals surface area contributed by atoms with Gasteiger partial charge in [-0.25, -0.2) is 4.68 Å². The summed E-state index contributed by atoms with van der Waals surface area (Å²) in [5, 5.41) is 11.7. The molecule has 1 aromatic heterocycles. The average molecular weight is 238 g/mol. The smallest absolute Gasteiger partial charge is 0.0730 e. The van der Waals surface area contributed by atoms with Crippen LogP contribution in [0.15, 0.2) is 6.20 Å². The monoisotopic (exact) mass is 238 g/mol. The Kier molecular flexibility index (Phi) is 5.12. The van der Waals surface area contributed by atoms with Gasteiger partial charge in [0.15, 0.2) is 0 Å². The van der Waals surface area contributed by atoms with Gasteiger partial charge in [0.1, 0.15) is 0 Å². The summed E-state index contributed by atoms with van der Waals surface area (Å²) < 4.78 is 2.04. The van der Waals surface area contributed by atoms with Crippen molar-refractivity contribution in [2.75, 3.05) is 6.54 Å². The van der Waals surface area contributed by atoms with E-state index in [-0.39, 0.29) is 5.41 Å². The number of nitrogens with zero attached hydrogens (tertiary/aromatic N) is 3. The van der Waals surface area contributed by atoms with Crippen LogP contribution in [0.1, 0.15) is 53.2 Å². The maximum absolute atomic E-state index is 4.16. The second-order valence-corrected chi connectivity index (χ2v) is 5.59. The van der Waals surface area contributed by atoms with Crippen molar-refractivity contribution in [1.82, 2.24) is 20.3 Å². The highest BCUT2D eigenvalue weighted by Crippen LogP contribution is 2.25. The third-order valence-corrected chi connectivity index (χ3v) is 3.05. The lowest BCUT2D eigenvalue weighted by molar-refractivity contribution is 0.401. The van der Waals surface area contributed by atoms with Crippen LogP contribution in [-0.2, 0) is 12.0 Å². The highest BCUT2D eigenvalue weighted by atomic mass is 15.4. The second-order valence-electron chi connectivity index (χ2n) is 5.59. The van der Waals surface area contributed by atoms with E-state index in [9.17, 15) is 0 Å². The number of aromatic nitrogens is 3. The molecule has 0 aliphatic carbocycles. The lowest BCUT2D eigenvalue weighted by Gasteiger charge is -2.25. The lowest BCUT2D eigenvalue weighted by atomic mass is 9.85. The molecule has 98 valence electrons. The number of hydrogen-bond acceptors (Lipinski definition) is 3. The molecule has 0 aliphatic heterocycles. The van der Waals surface area contributed by atoms with Gasteiger partial charge >= 0.3 is 0 Å². The summed E-state index contributed by atoms with van der Waals surface area (Å²) in [5.74, 6) is 0. The van der Waals surface area contributed by atoms with Crippen molar-refractivity contribution in [3.8, 4) is 0 Å². The Hall–Kier alpha value is -0.900. The van der Waals surface area contributed by atoms with Crippen molar-refractivity contribution >= 4 is 0 Å². The quantitative estimate of drug-likeness (QED) is 0.793. The zero-order valence-corrected chi connectivity index (χ0v) is 11.8. The van der Waals surface area contributed by atoms with Gasteiger partial charge in [0.25, 0.3) is 0 Å². The van der Waals surface area contributed by atoms with E-state index in [1.165, 1.54) is 5.69 Å². The molecule has 0 amide bonds. The SMILES string of the molecule is CCCn1nncc1C(C)(C)CCNC(C)C. The van der Waals surface area contributed by atoms with Crippen molar-refractivity contribution in [2.45, 2.75) is 65.5 Å². The molecule has 0 fully saturated rings. The van der Waals surface area contributed by atoms with Gasteiger partial charge in [0.2, 0.25) is 0 Å². The van der Waals surface area contributed by atoms with E-state index in [1.807, 2.05) is 10.9 Å². The molecule has 1 heterocycles. The van der Waals surface area contributed by atoms with Crippen LogP contribution in [0.3, 0.4) is 0 Å². The number of nitrogens with one attached hydrogen (secondary N) is 1. The van der Waals surface area contributed by atoms with Gasteiger partial charge in [-0.2, -0.15) is 0 Å². The molecule has 0 saturated carbocycles. The molecule has 0 aliphatic rings. The van der Waals surface area contributed by atoms with Gasteiger partial charge in [-0.05, 0) is 19.4 Å². The minimum absolute atomic E-state index is 0.126. The fraction of sp³-hybridized carbons (Fsp3) is 0.846. The second kappa shape index (κ2) is 6.15. The van der Waals surface area contributed by atoms with Crippen LogP contribution in [0, 0.1) is 0 Å². The molecule has 1 aromatic rings. The highest BCUT2D eigenvalue weighted by molar-refractivity contribution is 5.10. The first-order chi connectivity index (χ1) is 7.97. The molecule has 0 spiro atoms. The van der Waals surface area contributed by atoms with E-state index in [2.05, 4.69) is 50.2 Å². The van der Waals surface area contributed by atoms with E-state index in [1.54, 1.807) is 0 Å². The summed E-state index contributed by atoms with van der Waals surface area (Å²) in [5.41, 5.74) is 1.37. The maximum Gasteiger partial charge on any atom is 0.0730 e. The Bertz CT molecular complexity index is 328. The summed E-state index contributed by atoms with van der Waals surface area (Å²) in [6.07, 6.45) is 4.10. The third kappa shape index (κ3) is 4.11. The summed E-state index contributed by atoms with van der Waals surface area (Å²) in [6, 6.07) is 0.546. The molecule has 0 saturated heterocycles. The minimum atomic E-state index is 0.126. The number of rotatable bonds is 7. The molecule has 0 atom stereocenters. The first-order valence-corrected chi connectivity index (χ1v) is 6.59. The first-order valence-electron chi connectivity index (χ1n) is 6.59. The maximum atomic E-state index is 4.16. The molecule has 4 heteroatoms. The minimum Gasteiger partial charge on any atom is -0.314 e. The van der Waals surface area contributed by atoms with Crippen molar-refractivity contribution in [1.29, 1.82) is 0 Å². The molecule has 0 radical (unpaired) electrons. The average Bonchev–Trinajstić information content (AvgIpc) is 2.66. The fourth-order valence-corrected chi connectivity index (χ4v) is 1.96. The molecular formula is C13H26N4. The Balaban J connectivity index is 2.64. The summed E-state index contributed by atoms with van der Waals surface area (Å²) in [7, 11) is 0. The van der Waals surface area contributed by atoms with Crippen LogP contribution in [-0.4, -0.2) is 27.6 Å². The predicted octanol–water partition coefficient (Wildman–Crippen LogP) is 2.35. The van der Waals surface area contributed by atoms with Gasteiger partial charge in [-0.15, -0.1) is 5.10 Å². The Morgan fingerprint density at radius 1 is 1.41 bits per heavy atom. The van der Waals surface area contributed by atoms with Crippen LogP contribution in [0.4, 0.5) is 0 Å². The van der Waals surface area contributed by atoms with Crippen molar-refractivity contribution in [3.05, 3.63) is 11.9 Å². The van der Waals surface area contributed by atoms with Crippen molar-refractivity contribution in [2.24, 2.45) is 0 Å². The van der Waals surface area contributed by atoms with E-state index < -0.39 is 0 Å². The molecule has 0 bridgehead atoms. The summed E-state index contributed by atoms with van der Waals surface area (Å²) in [4.78, 5) is 0. The zero-order chi connectivity index (χ0) is 12.9. The predicted molar refractivity (Wildman–Crippen MR) is 71.1 cm³/mol. The van der Waals surface area contributed by atoms with E-state index in [4.69, 9.17) is 0 Å². The first kappa shape index (κ1) is 14.2. The van der Waals surface area contributed by atoms with Crippen LogP contribution < -0.4 is 5.32 Å². The van der Waals surface area contributed by atoms with Gasteiger partial charge in [0.05, 0.1) is 11.9 Å². The standard InChI is InChI=1S/C13H26N4/c1-6-9-17-12(10-15-16-17)13(4,5)7-8-14-11(2)3/h10-11,14H,6-9H2,1-5H3. The number of aryl methyl sites for hydroxylation is 1. The summed E-state index contributed by atoms with van der Waals surface area (Å²) >= 11 is 0. The Morgan fingerprint density at radius 3 is 2.71 bits per heavy atom. The molecule has 17 heavy (non-hydrogen) atoms. The lowest BCUT2D eigenvalue weighted by Crippen LogP contribution is -2.31. The largest absolute Gasteiger partial charge is 0.314 e. The molecule has 0 unspecified atom stereocenters. The van der Waals surface area contributed by atoms with Crippen molar-refractivity contribution < 1.29 is 0 Å². The highest BCUT2D eigenvalue weighted by Gasteiger charge is 2.24. The molecule has 0 aromatic carbocycles. The van der Waals surface area contributed by atoms with E-state index >= 15 is 0 Å². The van der Waals surface area contributed by atoms with Gasteiger partial charge in [-0.1, -0.05) is 39.8 Å². The molecule has 4 nitrogen and oxygen atoms in total. The fourth-order valence-electron chi connectivity index (χ4n) is 1.96. The van der Waals surface area contributed by atoms with Gasteiger partial charge in [-0.3, -0.25) is 0 Å². The molecule has 1 rings (SSSR count). The summed E-state index contributed by atoms with van der Waals surface area (Å²) in [6.45, 7) is 13.0. The normalized spacial score (nSPS) is 12.4. The van der Waals surface area contributed by atoms with Crippen LogP contribution in [0.5, 0.6) is 0 Å². The van der Waals surface area contributed by atoms with Crippen molar-refractivity contribution in [3.63, 3.8) is 0 Å². The molecule has 1 N–H and O–H groups in total. The third-order valence-electron chi connectivity index (χ3n) is 3.05. The van der Waals surface area contributed by atoms with E-state index in [0.29, 0.717) is 6.04 Å².